The average molecular weight is 487 g/mol. The Morgan fingerprint density at radius 2 is 1.69 bits per heavy atom. The number of rotatable bonds is 6. The highest BCUT2D eigenvalue weighted by atomic mass is 16.6. The van der Waals surface area contributed by atoms with Crippen LogP contribution in [0, 0.1) is 10.1 Å². The van der Waals surface area contributed by atoms with E-state index in [2.05, 4.69) is 5.32 Å². The molecule has 10 nitrogen and oxygen atoms in total. The van der Waals surface area contributed by atoms with Gasteiger partial charge in [-0.2, -0.15) is 0 Å². The van der Waals surface area contributed by atoms with Crippen molar-refractivity contribution in [1.29, 1.82) is 0 Å². The van der Waals surface area contributed by atoms with E-state index in [1.165, 1.54) is 11.0 Å². The molecule has 0 unspecified atom stereocenters. The predicted molar refractivity (Wildman–Crippen MR) is 129 cm³/mol. The van der Waals surface area contributed by atoms with Crippen molar-refractivity contribution in [3.05, 3.63) is 93.0 Å². The van der Waals surface area contributed by atoms with Gasteiger partial charge in [-0.05, 0) is 40.3 Å². The lowest BCUT2D eigenvalue weighted by Gasteiger charge is -2.18. The SMILES string of the molecule is O=C(NCC(=O)N1CCc2cc(C(=O)O)cc([N+](=O)[O-])c21)OCC1c2ccccc2-c2ccccc21. The zero-order valence-electron chi connectivity index (χ0n) is 19.0. The van der Waals surface area contributed by atoms with Crippen molar-refractivity contribution < 1.29 is 29.2 Å². The molecule has 2 aliphatic rings. The van der Waals surface area contributed by atoms with E-state index >= 15 is 0 Å². The highest BCUT2D eigenvalue weighted by Gasteiger charge is 2.34. The number of alkyl carbamates (subject to hydrolysis) is 1. The van der Waals surface area contributed by atoms with E-state index in [0.29, 0.717) is 5.56 Å². The molecule has 0 saturated heterocycles. The third-order valence-corrected chi connectivity index (χ3v) is 6.52. The molecule has 5 rings (SSSR count). The summed E-state index contributed by atoms with van der Waals surface area (Å²) >= 11 is 0. The van der Waals surface area contributed by atoms with E-state index in [1.807, 2.05) is 48.5 Å². The molecule has 0 saturated carbocycles. The Bertz CT molecular complexity index is 1370. The monoisotopic (exact) mass is 487 g/mol. The number of anilines is 1. The lowest BCUT2D eigenvalue weighted by Crippen LogP contribution is -2.40. The number of carbonyl (C=O) groups excluding carboxylic acids is 2. The first kappa shape index (κ1) is 23.0. The highest BCUT2D eigenvalue weighted by Crippen LogP contribution is 2.44. The van der Waals surface area contributed by atoms with Gasteiger partial charge in [0, 0.05) is 18.5 Å². The number of hydrogen-bond donors (Lipinski definition) is 2. The van der Waals surface area contributed by atoms with Crippen molar-refractivity contribution in [3.8, 4) is 11.1 Å². The second kappa shape index (κ2) is 9.14. The summed E-state index contributed by atoms with van der Waals surface area (Å²) in [5.41, 5.74) is 4.09. The Hall–Kier alpha value is -4.73. The second-order valence-corrected chi connectivity index (χ2v) is 8.54. The summed E-state index contributed by atoms with van der Waals surface area (Å²) in [4.78, 5) is 48.5. The van der Waals surface area contributed by atoms with Gasteiger partial charge >= 0.3 is 12.1 Å². The summed E-state index contributed by atoms with van der Waals surface area (Å²) in [6, 6.07) is 18.1. The topological polar surface area (TPSA) is 139 Å². The molecule has 3 aromatic carbocycles. The van der Waals surface area contributed by atoms with Crippen molar-refractivity contribution in [2.45, 2.75) is 12.3 Å². The van der Waals surface area contributed by atoms with E-state index in [1.54, 1.807) is 0 Å². The van der Waals surface area contributed by atoms with Gasteiger partial charge in [-0.1, -0.05) is 48.5 Å². The van der Waals surface area contributed by atoms with Crippen LogP contribution in [0.25, 0.3) is 11.1 Å². The van der Waals surface area contributed by atoms with Gasteiger partial charge < -0.3 is 20.1 Å². The first-order valence-corrected chi connectivity index (χ1v) is 11.3. The second-order valence-electron chi connectivity index (χ2n) is 8.54. The Kier molecular flexibility index (Phi) is 5.85. The fourth-order valence-electron chi connectivity index (χ4n) is 4.93. The summed E-state index contributed by atoms with van der Waals surface area (Å²) in [6.45, 7) is -0.192. The van der Waals surface area contributed by atoms with Gasteiger partial charge in [-0.15, -0.1) is 0 Å². The molecule has 0 spiro atoms. The highest BCUT2D eigenvalue weighted by molar-refractivity contribution is 6.01. The summed E-state index contributed by atoms with van der Waals surface area (Å²) in [6.07, 6.45) is -0.506. The fourth-order valence-corrected chi connectivity index (χ4v) is 4.93. The molecule has 0 atom stereocenters. The molecule has 0 fully saturated rings. The van der Waals surface area contributed by atoms with Crippen molar-refractivity contribution in [1.82, 2.24) is 5.32 Å². The Balaban J connectivity index is 1.24. The van der Waals surface area contributed by atoms with Crippen molar-refractivity contribution in [3.63, 3.8) is 0 Å². The van der Waals surface area contributed by atoms with E-state index in [9.17, 15) is 29.6 Å². The number of hydrogen-bond acceptors (Lipinski definition) is 6. The quantitative estimate of drug-likeness (QED) is 0.399. The third kappa shape index (κ3) is 4.02. The van der Waals surface area contributed by atoms with E-state index in [-0.39, 0.29) is 36.7 Å². The molecule has 0 aromatic heterocycles. The molecular formula is C26H21N3O7. The van der Waals surface area contributed by atoms with Crippen LogP contribution in [0.2, 0.25) is 0 Å². The Morgan fingerprint density at radius 3 is 2.31 bits per heavy atom. The van der Waals surface area contributed by atoms with Gasteiger partial charge in [0.2, 0.25) is 5.91 Å². The van der Waals surface area contributed by atoms with Crippen LogP contribution in [0.1, 0.15) is 33.0 Å². The van der Waals surface area contributed by atoms with E-state index in [4.69, 9.17) is 4.74 Å². The number of carboxylic acids is 1. The lowest BCUT2D eigenvalue weighted by molar-refractivity contribution is -0.384. The van der Waals surface area contributed by atoms with Gasteiger partial charge in [0.15, 0.2) is 0 Å². The first-order chi connectivity index (χ1) is 17.3. The largest absolute Gasteiger partial charge is 0.478 e. The number of carboxylic acid groups (broad SMARTS) is 1. The standard InChI is InChI=1S/C26H21N3O7/c30-23(28-10-9-15-11-16(25(31)32)12-22(24(15)28)29(34)35)13-27-26(33)36-14-21-19-7-3-1-5-17(19)18-6-2-4-8-20(18)21/h1-8,11-12,21H,9-10,13-14H2,(H,27,33)(H,31,32). The minimum atomic E-state index is -1.29. The molecule has 182 valence electrons. The number of amides is 2. The maximum absolute atomic E-state index is 12.8. The molecule has 2 N–H and O–H groups in total. The molecule has 1 aliphatic heterocycles. The zero-order chi connectivity index (χ0) is 25.4. The predicted octanol–water partition coefficient (Wildman–Crippen LogP) is 3.72. The van der Waals surface area contributed by atoms with E-state index in [0.717, 1.165) is 28.3 Å². The summed E-state index contributed by atoms with van der Waals surface area (Å²) in [5.74, 6) is -1.98. The number of nitrogens with one attached hydrogen (secondary N) is 1. The number of fused-ring (bicyclic) bond motifs is 4. The molecular weight excluding hydrogens is 466 g/mol. The van der Waals surface area contributed by atoms with Crippen LogP contribution >= 0.6 is 0 Å². The molecule has 10 heteroatoms. The Labute approximate surface area is 205 Å². The van der Waals surface area contributed by atoms with Gasteiger partial charge in [-0.3, -0.25) is 14.9 Å². The number of benzene rings is 3. The number of nitro benzene ring substituents is 1. The minimum Gasteiger partial charge on any atom is -0.478 e. The molecule has 36 heavy (non-hydrogen) atoms. The summed E-state index contributed by atoms with van der Waals surface area (Å²) < 4.78 is 5.43. The fraction of sp³-hybridized carbons (Fsp3) is 0.192. The molecule has 2 amide bonds. The number of ether oxygens (including phenoxy) is 1. The van der Waals surface area contributed by atoms with Crippen molar-refractivity contribution >= 4 is 29.3 Å². The van der Waals surface area contributed by atoms with Crippen LogP contribution < -0.4 is 10.2 Å². The normalized spacial score (nSPS) is 13.5. The maximum Gasteiger partial charge on any atom is 0.407 e. The van der Waals surface area contributed by atoms with Gasteiger partial charge in [-0.25, -0.2) is 9.59 Å². The van der Waals surface area contributed by atoms with Crippen LogP contribution in [0.15, 0.2) is 60.7 Å². The van der Waals surface area contributed by atoms with Crippen molar-refractivity contribution in [2.75, 3.05) is 24.6 Å². The zero-order valence-corrected chi connectivity index (χ0v) is 19.0. The first-order valence-electron chi connectivity index (χ1n) is 11.3. The van der Waals surface area contributed by atoms with Crippen LogP contribution in [0.5, 0.6) is 0 Å². The Morgan fingerprint density at radius 1 is 1.06 bits per heavy atom. The average Bonchev–Trinajstić information content (AvgIpc) is 3.45. The van der Waals surface area contributed by atoms with Crippen molar-refractivity contribution in [2.24, 2.45) is 0 Å². The summed E-state index contributed by atoms with van der Waals surface area (Å²) in [5, 5.41) is 23.2. The van der Waals surface area contributed by atoms with Crippen LogP contribution in [0.4, 0.5) is 16.2 Å². The third-order valence-electron chi connectivity index (χ3n) is 6.52. The number of aromatic carboxylic acids is 1. The van der Waals surface area contributed by atoms with Crippen LogP contribution in [-0.4, -0.2) is 47.7 Å². The summed E-state index contributed by atoms with van der Waals surface area (Å²) in [7, 11) is 0. The minimum absolute atomic E-state index is 0.0596. The molecule has 0 bridgehead atoms. The number of nitro groups is 1. The van der Waals surface area contributed by atoms with Gasteiger partial charge in [0.05, 0.1) is 10.5 Å². The molecule has 1 aliphatic carbocycles. The molecule has 3 aromatic rings. The van der Waals surface area contributed by atoms with Gasteiger partial charge in [0.25, 0.3) is 5.69 Å². The lowest BCUT2D eigenvalue weighted by atomic mass is 9.98. The molecule has 1 heterocycles. The number of nitrogens with zero attached hydrogens (tertiary/aromatic N) is 2. The van der Waals surface area contributed by atoms with Crippen LogP contribution in [-0.2, 0) is 16.0 Å². The van der Waals surface area contributed by atoms with E-state index < -0.39 is 35.1 Å². The number of carbonyl (C=O) groups is 3. The van der Waals surface area contributed by atoms with Gasteiger partial charge in [0.1, 0.15) is 18.8 Å². The molecule has 0 radical (unpaired) electrons. The van der Waals surface area contributed by atoms with Crippen LogP contribution in [0.3, 0.4) is 0 Å². The smallest absolute Gasteiger partial charge is 0.407 e. The maximum atomic E-state index is 12.8.